The van der Waals surface area contributed by atoms with Gasteiger partial charge in [0.05, 0.1) is 0 Å². The van der Waals surface area contributed by atoms with E-state index >= 15 is 0 Å². The van der Waals surface area contributed by atoms with E-state index in [1.807, 2.05) is 6.07 Å². The summed E-state index contributed by atoms with van der Waals surface area (Å²) in [6.45, 7) is 0. The first kappa shape index (κ1) is 11.0. The minimum absolute atomic E-state index is 0.792. The Kier molecular flexibility index (Phi) is 4.58. The lowest BCUT2D eigenvalue weighted by Crippen LogP contribution is -1.89. The molecule has 0 saturated heterocycles. The van der Waals surface area contributed by atoms with Gasteiger partial charge in [-0.3, -0.25) is 0 Å². The van der Waals surface area contributed by atoms with E-state index in [0.29, 0.717) is 0 Å². The summed E-state index contributed by atoms with van der Waals surface area (Å²) < 4.78 is 1.02. The Bertz CT molecular complexity index is 286. The molecule has 0 spiro atoms. The van der Waals surface area contributed by atoms with Crippen molar-refractivity contribution in [2.45, 2.75) is 10.7 Å². The number of rotatable bonds is 2. The Balaban J connectivity index is 3.24. The number of halogens is 4. The normalized spacial score (nSPS) is 10.3. The first-order valence-electron chi connectivity index (χ1n) is 3.27. The molecule has 0 aliphatic heterocycles. The molecule has 4 heteroatoms. The topological polar surface area (TPSA) is 0 Å². The van der Waals surface area contributed by atoms with Crippen LogP contribution < -0.4 is 0 Å². The smallest absolute Gasteiger partial charge is 0.0460 e. The largest absolute Gasteiger partial charge is 0.0876 e. The minimum Gasteiger partial charge on any atom is -0.0876 e. The molecule has 1 rings (SSSR count). The maximum atomic E-state index is 6.03. The predicted octanol–water partition coefficient (Wildman–Crippen LogP) is 4.89. The molecule has 66 valence electrons. The van der Waals surface area contributed by atoms with Gasteiger partial charge in [-0.2, -0.15) is 0 Å². The summed E-state index contributed by atoms with van der Waals surface area (Å²) in [4.78, 5) is 0. The van der Waals surface area contributed by atoms with Crippen molar-refractivity contribution in [3.63, 3.8) is 0 Å². The first-order chi connectivity index (χ1) is 5.69. The Morgan fingerprint density at radius 1 is 1.17 bits per heavy atom. The molecular formula is C8H6Br3Cl. The summed E-state index contributed by atoms with van der Waals surface area (Å²) in [6.07, 6.45) is 0. The number of benzene rings is 1. The van der Waals surface area contributed by atoms with Crippen LogP contribution in [0.1, 0.15) is 11.1 Å². The highest BCUT2D eigenvalue weighted by Gasteiger charge is 2.06. The zero-order valence-electron chi connectivity index (χ0n) is 6.08. The summed E-state index contributed by atoms with van der Waals surface area (Å²) in [5.41, 5.74) is 2.36. The lowest BCUT2D eigenvalue weighted by molar-refractivity contribution is 1.29. The molecule has 0 saturated carbocycles. The van der Waals surface area contributed by atoms with E-state index in [0.717, 1.165) is 25.7 Å². The molecule has 12 heavy (non-hydrogen) atoms. The van der Waals surface area contributed by atoms with Crippen LogP contribution in [0.5, 0.6) is 0 Å². The lowest BCUT2D eigenvalue weighted by Gasteiger charge is -2.06. The third-order valence-corrected chi connectivity index (χ3v) is 3.49. The molecular weight excluding hydrogens is 371 g/mol. The monoisotopic (exact) mass is 374 g/mol. The van der Waals surface area contributed by atoms with E-state index < -0.39 is 0 Å². The van der Waals surface area contributed by atoms with Crippen molar-refractivity contribution < 1.29 is 0 Å². The third kappa shape index (κ3) is 2.47. The van der Waals surface area contributed by atoms with E-state index in [4.69, 9.17) is 11.6 Å². The molecule has 0 N–H and O–H groups in total. The van der Waals surface area contributed by atoms with Crippen LogP contribution in [0.4, 0.5) is 0 Å². The fraction of sp³-hybridized carbons (Fsp3) is 0.250. The summed E-state index contributed by atoms with van der Waals surface area (Å²) >= 11 is 16.3. The lowest BCUT2D eigenvalue weighted by atomic mass is 10.1. The van der Waals surface area contributed by atoms with Crippen LogP contribution in [0.2, 0.25) is 5.02 Å². The van der Waals surface area contributed by atoms with Crippen LogP contribution >= 0.6 is 59.4 Å². The maximum Gasteiger partial charge on any atom is 0.0460 e. The second-order valence-corrected chi connectivity index (χ2v) is 4.74. The molecule has 0 fully saturated rings. The van der Waals surface area contributed by atoms with Crippen molar-refractivity contribution in [2.24, 2.45) is 0 Å². The molecule has 0 amide bonds. The van der Waals surface area contributed by atoms with Gasteiger partial charge in [-0.15, -0.1) is 0 Å². The fourth-order valence-electron chi connectivity index (χ4n) is 0.926. The van der Waals surface area contributed by atoms with Gasteiger partial charge < -0.3 is 0 Å². The van der Waals surface area contributed by atoms with Gasteiger partial charge in [0, 0.05) is 20.2 Å². The van der Waals surface area contributed by atoms with E-state index in [1.54, 1.807) is 0 Å². The van der Waals surface area contributed by atoms with Crippen molar-refractivity contribution in [2.75, 3.05) is 0 Å². The highest BCUT2D eigenvalue weighted by Crippen LogP contribution is 2.28. The molecule has 0 aromatic heterocycles. The van der Waals surface area contributed by atoms with Crippen molar-refractivity contribution in [1.82, 2.24) is 0 Å². The number of hydrogen-bond acceptors (Lipinski definition) is 0. The van der Waals surface area contributed by atoms with Gasteiger partial charge in [0.15, 0.2) is 0 Å². The third-order valence-electron chi connectivity index (χ3n) is 1.53. The molecule has 0 heterocycles. The van der Waals surface area contributed by atoms with Crippen molar-refractivity contribution in [3.05, 3.63) is 32.8 Å². The Labute approximate surface area is 102 Å². The molecule has 1 aromatic carbocycles. The number of hydrogen-bond donors (Lipinski definition) is 0. The van der Waals surface area contributed by atoms with Crippen LogP contribution in [0.15, 0.2) is 16.6 Å². The molecule has 0 nitrogen and oxygen atoms in total. The highest BCUT2D eigenvalue weighted by atomic mass is 79.9. The summed E-state index contributed by atoms with van der Waals surface area (Å²) in [6, 6.07) is 3.97. The van der Waals surface area contributed by atoms with Gasteiger partial charge in [0.1, 0.15) is 0 Å². The zero-order valence-corrected chi connectivity index (χ0v) is 11.6. The second-order valence-electron chi connectivity index (χ2n) is 2.29. The molecule has 0 aliphatic rings. The average Bonchev–Trinajstić information content (AvgIpc) is 2.03. The quantitative estimate of drug-likeness (QED) is 0.644. The van der Waals surface area contributed by atoms with Crippen molar-refractivity contribution >= 4 is 59.4 Å². The van der Waals surface area contributed by atoms with Gasteiger partial charge in [-0.1, -0.05) is 59.4 Å². The average molecular weight is 377 g/mol. The van der Waals surface area contributed by atoms with Crippen LogP contribution in [0.3, 0.4) is 0 Å². The Morgan fingerprint density at radius 3 is 2.33 bits per heavy atom. The fourth-order valence-corrected chi connectivity index (χ4v) is 3.19. The summed E-state index contributed by atoms with van der Waals surface area (Å²) in [5.74, 6) is 0. The molecule has 0 unspecified atom stereocenters. The minimum atomic E-state index is 0.792. The summed E-state index contributed by atoms with van der Waals surface area (Å²) in [7, 11) is 0. The van der Waals surface area contributed by atoms with Crippen LogP contribution in [0.25, 0.3) is 0 Å². The standard InChI is InChI=1S/C8H6Br3Cl/c9-3-5-1-6(11)2-8(12)7(5)4-10/h1-2H,3-4H2. The van der Waals surface area contributed by atoms with E-state index in [1.165, 1.54) is 5.56 Å². The van der Waals surface area contributed by atoms with E-state index in [-0.39, 0.29) is 0 Å². The second kappa shape index (κ2) is 4.99. The van der Waals surface area contributed by atoms with Crippen molar-refractivity contribution in [3.8, 4) is 0 Å². The molecule has 1 aromatic rings. The zero-order chi connectivity index (χ0) is 9.14. The van der Waals surface area contributed by atoms with E-state index in [9.17, 15) is 0 Å². The maximum absolute atomic E-state index is 6.03. The predicted molar refractivity (Wildman–Crippen MR) is 64.4 cm³/mol. The van der Waals surface area contributed by atoms with Gasteiger partial charge in [-0.25, -0.2) is 0 Å². The molecule has 0 bridgehead atoms. The van der Waals surface area contributed by atoms with Crippen LogP contribution in [0, 0.1) is 0 Å². The Morgan fingerprint density at radius 2 is 1.83 bits per heavy atom. The summed E-state index contributed by atoms with van der Waals surface area (Å²) in [5, 5.41) is 2.42. The molecule has 0 radical (unpaired) electrons. The molecule has 0 atom stereocenters. The highest BCUT2D eigenvalue weighted by molar-refractivity contribution is 9.10. The van der Waals surface area contributed by atoms with E-state index in [2.05, 4.69) is 53.9 Å². The van der Waals surface area contributed by atoms with Crippen LogP contribution in [-0.2, 0) is 10.7 Å². The SMILES string of the molecule is Clc1cc(Br)cc(CBr)c1CBr. The number of alkyl halides is 2. The van der Waals surface area contributed by atoms with Gasteiger partial charge >= 0.3 is 0 Å². The Hall–Kier alpha value is 0.950. The molecule has 0 aliphatic carbocycles. The van der Waals surface area contributed by atoms with Crippen molar-refractivity contribution in [1.29, 1.82) is 0 Å². The van der Waals surface area contributed by atoms with Gasteiger partial charge in [0.2, 0.25) is 0 Å². The van der Waals surface area contributed by atoms with Gasteiger partial charge in [-0.05, 0) is 23.3 Å². The van der Waals surface area contributed by atoms with Crippen LogP contribution in [-0.4, -0.2) is 0 Å². The van der Waals surface area contributed by atoms with Gasteiger partial charge in [0.25, 0.3) is 0 Å². The first-order valence-corrected chi connectivity index (χ1v) is 6.69.